The molecule has 3 heteroatoms. The van der Waals surface area contributed by atoms with Crippen LogP contribution in [0.3, 0.4) is 0 Å². The maximum absolute atomic E-state index is 10.5. The van der Waals surface area contributed by atoms with E-state index in [1.54, 1.807) is 0 Å². The van der Waals surface area contributed by atoms with E-state index in [0.29, 0.717) is 11.5 Å². The molecule has 2 aromatic carbocycles. The minimum absolute atomic E-state index is 0.366. The normalized spacial score (nSPS) is 11.0. The maximum Gasteiger partial charge on any atom is 0.134 e. The molecule has 27 heavy (non-hydrogen) atoms. The molecule has 0 fully saturated rings. The molecule has 0 saturated heterocycles. The van der Waals surface area contributed by atoms with Gasteiger partial charge in [0.15, 0.2) is 0 Å². The van der Waals surface area contributed by atoms with Gasteiger partial charge in [-0.15, -0.1) is 0 Å². The SMILES string of the molecule is CCc1cc(O)c(CC)c(CC)c1Oc1c(CC)cc(O)c(CC)c1CC. The van der Waals surface area contributed by atoms with Crippen molar-refractivity contribution in [1.82, 2.24) is 0 Å². The Labute approximate surface area is 164 Å². The number of rotatable bonds is 8. The van der Waals surface area contributed by atoms with E-state index in [4.69, 9.17) is 4.74 Å². The van der Waals surface area contributed by atoms with Crippen LogP contribution in [0.25, 0.3) is 0 Å². The molecule has 2 rings (SSSR count). The Bertz CT molecular complexity index is 739. The number of ether oxygens (including phenoxy) is 1. The zero-order valence-electron chi connectivity index (χ0n) is 17.7. The summed E-state index contributed by atoms with van der Waals surface area (Å²) in [5.41, 5.74) is 6.16. The molecule has 0 atom stereocenters. The number of hydrogen-bond donors (Lipinski definition) is 2. The molecule has 0 aliphatic carbocycles. The fourth-order valence-electron chi connectivity index (χ4n) is 4.02. The summed E-state index contributed by atoms with van der Waals surface area (Å²) in [7, 11) is 0. The standard InChI is InChI=1S/C24H34O3/c1-7-15-13-21(25)17(9-3)19(11-5)23(15)27-24-16(8-2)14-22(26)18(10-4)20(24)12-6/h13-14,25-26H,7-12H2,1-6H3. The van der Waals surface area contributed by atoms with Gasteiger partial charge in [0.05, 0.1) is 0 Å². The second kappa shape index (κ2) is 9.16. The summed E-state index contributed by atoms with van der Waals surface area (Å²) in [5.74, 6) is 2.49. The van der Waals surface area contributed by atoms with Gasteiger partial charge in [0, 0.05) is 22.3 Å². The topological polar surface area (TPSA) is 49.7 Å². The third-order valence-corrected chi connectivity index (χ3v) is 5.48. The zero-order chi connectivity index (χ0) is 20.1. The van der Waals surface area contributed by atoms with Crippen molar-refractivity contribution in [3.05, 3.63) is 45.5 Å². The van der Waals surface area contributed by atoms with Crippen molar-refractivity contribution in [3.8, 4) is 23.0 Å². The molecule has 0 spiro atoms. The van der Waals surface area contributed by atoms with Crippen molar-refractivity contribution in [3.63, 3.8) is 0 Å². The molecule has 0 saturated carbocycles. The lowest BCUT2D eigenvalue weighted by Gasteiger charge is -2.23. The molecule has 0 aliphatic heterocycles. The lowest BCUT2D eigenvalue weighted by molar-refractivity contribution is 0.436. The average molecular weight is 371 g/mol. The Morgan fingerprint density at radius 2 is 0.889 bits per heavy atom. The summed E-state index contributed by atoms with van der Waals surface area (Å²) in [5, 5.41) is 20.9. The van der Waals surface area contributed by atoms with Gasteiger partial charge in [0.2, 0.25) is 0 Å². The smallest absolute Gasteiger partial charge is 0.134 e. The van der Waals surface area contributed by atoms with E-state index in [9.17, 15) is 10.2 Å². The van der Waals surface area contributed by atoms with Gasteiger partial charge in [-0.1, -0.05) is 41.5 Å². The molecule has 0 bridgehead atoms. The molecule has 0 heterocycles. The van der Waals surface area contributed by atoms with E-state index < -0.39 is 0 Å². The van der Waals surface area contributed by atoms with Gasteiger partial charge in [-0.25, -0.2) is 0 Å². The first-order valence-corrected chi connectivity index (χ1v) is 10.4. The quantitative estimate of drug-likeness (QED) is 0.576. The van der Waals surface area contributed by atoms with Crippen molar-refractivity contribution in [2.24, 2.45) is 0 Å². The molecule has 0 aliphatic rings. The summed E-state index contributed by atoms with van der Waals surface area (Å²) in [6.45, 7) is 12.5. The van der Waals surface area contributed by atoms with E-state index >= 15 is 0 Å². The Hall–Kier alpha value is -2.16. The van der Waals surface area contributed by atoms with Crippen molar-refractivity contribution in [1.29, 1.82) is 0 Å². The summed E-state index contributed by atoms with van der Waals surface area (Å²) < 4.78 is 6.64. The summed E-state index contributed by atoms with van der Waals surface area (Å²) in [4.78, 5) is 0. The summed E-state index contributed by atoms with van der Waals surface area (Å²) >= 11 is 0. The molecular weight excluding hydrogens is 336 g/mol. The van der Waals surface area contributed by atoms with Crippen molar-refractivity contribution < 1.29 is 14.9 Å². The molecule has 0 radical (unpaired) electrons. The van der Waals surface area contributed by atoms with Gasteiger partial charge in [0.1, 0.15) is 23.0 Å². The average Bonchev–Trinajstić information content (AvgIpc) is 2.68. The summed E-state index contributed by atoms with van der Waals surface area (Å²) in [6.07, 6.45) is 4.74. The fraction of sp³-hybridized carbons (Fsp3) is 0.500. The molecule has 148 valence electrons. The van der Waals surface area contributed by atoms with Crippen LogP contribution in [-0.4, -0.2) is 10.2 Å². The second-order valence-electron chi connectivity index (χ2n) is 6.91. The zero-order valence-corrected chi connectivity index (χ0v) is 17.7. The molecular formula is C24H34O3. The summed E-state index contributed by atoms with van der Waals surface area (Å²) in [6, 6.07) is 3.71. The third-order valence-electron chi connectivity index (χ3n) is 5.48. The Morgan fingerprint density at radius 3 is 1.15 bits per heavy atom. The fourth-order valence-corrected chi connectivity index (χ4v) is 4.02. The molecule has 0 unspecified atom stereocenters. The highest BCUT2D eigenvalue weighted by Gasteiger charge is 2.21. The van der Waals surface area contributed by atoms with Crippen molar-refractivity contribution in [2.75, 3.05) is 0 Å². The van der Waals surface area contributed by atoms with Crippen LogP contribution in [0.1, 0.15) is 74.9 Å². The highest BCUT2D eigenvalue weighted by molar-refractivity contribution is 5.59. The maximum atomic E-state index is 10.5. The minimum atomic E-state index is 0.366. The Balaban J connectivity index is 2.77. The predicted molar refractivity (Wildman–Crippen MR) is 113 cm³/mol. The third kappa shape index (κ3) is 3.92. The number of phenols is 2. The van der Waals surface area contributed by atoms with E-state index in [2.05, 4.69) is 41.5 Å². The number of aryl methyl sites for hydroxylation is 2. The van der Waals surface area contributed by atoms with Gasteiger partial charge in [-0.2, -0.15) is 0 Å². The minimum Gasteiger partial charge on any atom is -0.508 e. The van der Waals surface area contributed by atoms with Crippen LogP contribution in [0, 0.1) is 0 Å². The molecule has 3 nitrogen and oxygen atoms in total. The number of benzene rings is 2. The highest BCUT2D eigenvalue weighted by atomic mass is 16.5. The number of hydrogen-bond acceptors (Lipinski definition) is 3. The second-order valence-corrected chi connectivity index (χ2v) is 6.91. The van der Waals surface area contributed by atoms with E-state index in [0.717, 1.165) is 83.4 Å². The molecule has 0 aromatic heterocycles. The van der Waals surface area contributed by atoms with E-state index in [1.807, 2.05) is 12.1 Å². The van der Waals surface area contributed by atoms with Crippen molar-refractivity contribution >= 4 is 0 Å². The molecule has 2 N–H and O–H groups in total. The number of aromatic hydroxyl groups is 2. The van der Waals surface area contributed by atoms with Crippen LogP contribution in [0.15, 0.2) is 12.1 Å². The number of phenolic OH excluding ortho intramolecular Hbond substituents is 2. The van der Waals surface area contributed by atoms with Gasteiger partial charge in [-0.05, 0) is 61.8 Å². The molecule has 2 aromatic rings. The van der Waals surface area contributed by atoms with Gasteiger partial charge in [-0.3, -0.25) is 0 Å². The predicted octanol–water partition coefficient (Wildman–Crippen LogP) is 6.26. The van der Waals surface area contributed by atoms with Crippen LogP contribution in [0.5, 0.6) is 23.0 Å². The van der Waals surface area contributed by atoms with Crippen LogP contribution in [0.2, 0.25) is 0 Å². The lowest BCUT2D eigenvalue weighted by Crippen LogP contribution is -2.06. The van der Waals surface area contributed by atoms with Crippen LogP contribution < -0.4 is 4.74 Å². The van der Waals surface area contributed by atoms with Crippen LogP contribution in [0.4, 0.5) is 0 Å². The first-order chi connectivity index (χ1) is 13.0. The largest absolute Gasteiger partial charge is 0.508 e. The lowest BCUT2D eigenvalue weighted by atomic mass is 9.94. The monoisotopic (exact) mass is 370 g/mol. The van der Waals surface area contributed by atoms with Crippen LogP contribution >= 0.6 is 0 Å². The van der Waals surface area contributed by atoms with Gasteiger partial charge < -0.3 is 14.9 Å². The van der Waals surface area contributed by atoms with E-state index in [1.165, 1.54) is 0 Å². The highest BCUT2D eigenvalue weighted by Crippen LogP contribution is 2.42. The van der Waals surface area contributed by atoms with E-state index in [-0.39, 0.29) is 0 Å². The molecule has 0 amide bonds. The Morgan fingerprint density at radius 1 is 0.556 bits per heavy atom. The van der Waals surface area contributed by atoms with Crippen molar-refractivity contribution in [2.45, 2.75) is 80.1 Å². The first-order valence-electron chi connectivity index (χ1n) is 10.4. The van der Waals surface area contributed by atoms with Gasteiger partial charge >= 0.3 is 0 Å². The first kappa shape index (κ1) is 21.1. The Kier molecular flexibility index (Phi) is 7.18. The van der Waals surface area contributed by atoms with Gasteiger partial charge in [0.25, 0.3) is 0 Å². The van der Waals surface area contributed by atoms with Crippen LogP contribution in [-0.2, 0) is 38.5 Å².